The van der Waals surface area contributed by atoms with Crippen LogP contribution in [-0.4, -0.2) is 46.6 Å². The Morgan fingerprint density at radius 2 is 1.65 bits per heavy atom. The number of aliphatic carboxylic acids is 1. The van der Waals surface area contributed by atoms with Gasteiger partial charge in [0.15, 0.2) is 0 Å². The van der Waals surface area contributed by atoms with E-state index in [1.165, 1.54) is 6.08 Å². The average molecular weight is 245 g/mol. The van der Waals surface area contributed by atoms with Gasteiger partial charge in [-0.3, -0.25) is 0 Å². The van der Waals surface area contributed by atoms with Crippen LogP contribution in [0.3, 0.4) is 0 Å². The summed E-state index contributed by atoms with van der Waals surface area (Å²) in [4.78, 5) is 9.75. The van der Waals surface area contributed by atoms with Crippen LogP contribution in [0.5, 0.6) is 0 Å². The Bertz CT molecular complexity index is 227. The number of rotatable bonds is 6. The lowest BCUT2D eigenvalue weighted by Crippen LogP contribution is -2.30. The minimum Gasteiger partial charge on any atom is -0.478 e. The van der Waals surface area contributed by atoms with Gasteiger partial charge >= 0.3 is 5.97 Å². The molecule has 0 amide bonds. The molecule has 0 aromatic carbocycles. The van der Waals surface area contributed by atoms with E-state index >= 15 is 0 Å². The third-order valence-corrected chi connectivity index (χ3v) is 1.42. The first kappa shape index (κ1) is 18.2. The summed E-state index contributed by atoms with van der Waals surface area (Å²) >= 11 is 0. The average Bonchev–Trinajstić information content (AvgIpc) is 2.17. The van der Waals surface area contributed by atoms with E-state index in [-0.39, 0.29) is 12.2 Å². The molecule has 0 bridgehead atoms. The smallest absolute Gasteiger partial charge is 0.328 e. The maximum atomic E-state index is 9.75. The van der Waals surface area contributed by atoms with E-state index in [4.69, 9.17) is 15.3 Å². The molecule has 0 aliphatic rings. The van der Waals surface area contributed by atoms with Crippen molar-refractivity contribution in [1.29, 1.82) is 0 Å². The summed E-state index contributed by atoms with van der Waals surface area (Å²) in [6.07, 6.45) is 5.32. The van der Waals surface area contributed by atoms with Gasteiger partial charge in [0, 0.05) is 19.2 Å². The third-order valence-electron chi connectivity index (χ3n) is 1.42. The first-order valence-electron chi connectivity index (χ1n) is 5.49. The highest BCUT2D eigenvalue weighted by atomic mass is 16.4. The fourth-order valence-corrected chi connectivity index (χ4v) is 0.750. The van der Waals surface area contributed by atoms with Gasteiger partial charge in [-0.25, -0.2) is 4.79 Å². The van der Waals surface area contributed by atoms with E-state index in [0.29, 0.717) is 13.1 Å². The number of carboxylic acids is 1. The summed E-state index contributed by atoms with van der Waals surface area (Å²) in [7, 11) is 0. The van der Waals surface area contributed by atoms with E-state index in [0.717, 1.165) is 6.08 Å². The van der Waals surface area contributed by atoms with Crippen LogP contribution in [0.4, 0.5) is 0 Å². The molecule has 0 aromatic heterocycles. The maximum Gasteiger partial charge on any atom is 0.328 e. The molecule has 0 radical (unpaired) electrons. The second-order valence-corrected chi connectivity index (χ2v) is 3.58. The molecule has 0 aromatic rings. The Kier molecular flexibility index (Phi) is 13.8. The summed E-state index contributed by atoms with van der Waals surface area (Å²) in [6, 6.07) is 0. The molecule has 2 atom stereocenters. The van der Waals surface area contributed by atoms with Crippen LogP contribution in [0.15, 0.2) is 24.3 Å². The Morgan fingerprint density at radius 1 is 1.18 bits per heavy atom. The van der Waals surface area contributed by atoms with Gasteiger partial charge in [-0.1, -0.05) is 18.2 Å². The van der Waals surface area contributed by atoms with Gasteiger partial charge in [0.05, 0.1) is 12.2 Å². The van der Waals surface area contributed by atoms with E-state index in [1.807, 2.05) is 6.92 Å². The van der Waals surface area contributed by atoms with Gasteiger partial charge in [-0.2, -0.15) is 0 Å². The zero-order chi connectivity index (χ0) is 13.7. The normalized spacial score (nSPS) is 14.4. The molecular weight excluding hydrogens is 222 g/mol. The maximum absolute atomic E-state index is 9.75. The lowest BCUT2D eigenvalue weighted by Gasteiger charge is -2.07. The van der Waals surface area contributed by atoms with Crippen LogP contribution >= 0.6 is 0 Å². The van der Waals surface area contributed by atoms with Crippen LogP contribution in [0.25, 0.3) is 0 Å². The summed E-state index contributed by atoms with van der Waals surface area (Å²) in [5.74, 6) is -0.914. The SMILES string of the molecule is C/C=C/C=C/C(=O)O.CC(O)CNCC(C)O. The minimum absolute atomic E-state index is 0.330. The largest absolute Gasteiger partial charge is 0.478 e. The topological polar surface area (TPSA) is 89.8 Å². The molecule has 0 aliphatic heterocycles. The summed E-state index contributed by atoms with van der Waals surface area (Å²) < 4.78 is 0. The van der Waals surface area contributed by atoms with Crippen LogP contribution in [0.2, 0.25) is 0 Å². The molecule has 0 rings (SSSR count). The van der Waals surface area contributed by atoms with E-state index < -0.39 is 5.97 Å². The number of carbonyl (C=O) groups is 1. The highest BCUT2D eigenvalue weighted by Crippen LogP contribution is 1.77. The van der Waals surface area contributed by atoms with E-state index in [1.54, 1.807) is 26.0 Å². The number of aliphatic hydroxyl groups excluding tert-OH is 2. The molecule has 0 saturated heterocycles. The second kappa shape index (κ2) is 12.9. The minimum atomic E-state index is -0.914. The molecular formula is C12H23NO4. The van der Waals surface area contributed by atoms with Crippen molar-refractivity contribution in [3.63, 3.8) is 0 Å². The van der Waals surface area contributed by atoms with Crippen molar-refractivity contribution in [3.8, 4) is 0 Å². The monoisotopic (exact) mass is 245 g/mol. The Morgan fingerprint density at radius 3 is 1.94 bits per heavy atom. The van der Waals surface area contributed by atoms with Gasteiger partial charge in [-0.05, 0) is 20.8 Å². The van der Waals surface area contributed by atoms with Crippen molar-refractivity contribution in [3.05, 3.63) is 24.3 Å². The van der Waals surface area contributed by atoms with Crippen molar-refractivity contribution >= 4 is 5.97 Å². The highest BCUT2D eigenvalue weighted by molar-refractivity contribution is 5.80. The van der Waals surface area contributed by atoms with Gasteiger partial charge in [0.1, 0.15) is 0 Å². The quantitative estimate of drug-likeness (QED) is 0.405. The van der Waals surface area contributed by atoms with Crippen molar-refractivity contribution in [1.82, 2.24) is 5.32 Å². The molecule has 0 saturated carbocycles. The highest BCUT2D eigenvalue weighted by Gasteiger charge is 1.96. The third kappa shape index (κ3) is 25.3. The second-order valence-electron chi connectivity index (χ2n) is 3.58. The fourth-order valence-electron chi connectivity index (χ4n) is 0.750. The fraction of sp³-hybridized carbons (Fsp3) is 0.583. The molecule has 2 unspecified atom stereocenters. The molecule has 0 heterocycles. The Labute approximate surface area is 102 Å². The summed E-state index contributed by atoms with van der Waals surface area (Å²) in [5, 5.41) is 28.3. The van der Waals surface area contributed by atoms with Crippen molar-refractivity contribution < 1.29 is 20.1 Å². The zero-order valence-corrected chi connectivity index (χ0v) is 10.6. The standard InChI is InChI=1S/C6H15NO2.C6H8O2/c1-5(8)3-7-4-6(2)9;1-2-3-4-5-6(7)8/h5-9H,3-4H2,1-2H3;2-5H,1H3,(H,7,8)/b;3-2+,5-4+. The number of nitrogens with one attached hydrogen (secondary N) is 1. The van der Waals surface area contributed by atoms with Crippen LogP contribution in [-0.2, 0) is 4.79 Å². The predicted octanol–water partition coefficient (Wildman–Crippen LogP) is 0.541. The van der Waals surface area contributed by atoms with Gasteiger partial charge in [0.2, 0.25) is 0 Å². The molecule has 0 aliphatic carbocycles. The number of carboxylic acid groups (broad SMARTS) is 1. The Hall–Kier alpha value is -1.17. The lowest BCUT2D eigenvalue weighted by atomic mass is 10.3. The van der Waals surface area contributed by atoms with Gasteiger partial charge in [0.25, 0.3) is 0 Å². The first-order valence-corrected chi connectivity index (χ1v) is 5.49. The summed E-state index contributed by atoms with van der Waals surface area (Å²) in [5.41, 5.74) is 0. The number of hydrogen-bond donors (Lipinski definition) is 4. The number of aliphatic hydroxyl groups is 2. The molecule has 4 N–H and O–H groups in total. The Balaban J connectivity index is 0. The van der Waals surface area contributed by atoms with Crippen LogP contribution < -0.4 is 5.32 Å². The molecule has 100 valence electrons. The first-order chi connectivity index (χ1) is 7.90. The molecule has 0 fully saturated rings. The predicted molar refractivity (Wildman–Crippen MR) is 67.8 cm³/mol. The molecule has 5 nitrogen and oxygen atoms in total. The molecule has 5 heteroatoms. The van der Waals surface area contributed by atoms with Crippen molar-refractivity contribution in [2.45, 2.75) is 33.0 Å². The number of hydrogen-bond acceptors (Lipinski definition) is 4. The van der Waals surface area contributed by atoms with Gasteiger partial charge in [-0.15, -0.1) is 0 Å². The van der Waals surface area contributed by atoms with Crippen molar-refractivity contribution in [2.24, 2.45) is 0 Å². The molecule has 0 spiro atoms. The van der Waals surface area contributed by atoms with E-state index in [2.05, 4.69) is 5.32 Å². The lowest BCUT2D eigenvalue weighted by molar-refractivity contribution is -0.131. The van der Waals surface area contributed by atoms with E-state index in [9.17, 15) is 4.79 Å². The zero-order valence-electron chi connectivity index (χ0n) is 10.6. The van der Waals surface area contributed by atoms with Crippen LogP contribution in [0.1, 0.15) is 20.8 Å². The summed E-state index contributed by atoms with van der Waals surface area (Å²) in [6.45, 7) is 6.33. The molecule has 17 heavy (non-hydrogen) atoms. The van der Waals surface area contributed by atoms with Crippen LogP contribution in [0, 0.1) is 0 Å². The number of allylic oxidation sites excluding steroid dienone is 3. The van der Waals surface area contributed by atoms with Gasteiger partial charge < -0.3 is 20.6 Å². The van der Waals surface area contributed by atoms with Crippen molar-refractivity contribution in [2.75, 3.05) is 13.1 Å².